The van der Waals surface area contributed by atoms with Crippen LogP contribution in [0.25, 0.3) is 10.9 Å². The first kappa shape index (κ1) is 20.8. The van der Waals surface area contributed by atoms with Crippen molar-refractivity contribution in [3.05, 3.63) is 41.1 Å². The molecule has 3 amide bonds. The van der Waals surface area contributed by atoms with E-state index in [1.165, 1.54) is 0 Å². The van der Waals surface area contributed by atoms with Crippen LogP contribution < -0.4 is 5.32 Å². The lowest BCUT2D eigenvalue weighted by Gasteiger charge is -2.14. The highest BCUT2D eigenvalue weighted by molar-refractivity contribution is 8.14. The van der Waals surface area contributed by atoms with Crippen molar-refractivity contribution in [2.75, 3.05) is 25.4 Å². The fraction of sp³-hybridized carbons (Fsp3) is 0.350. The number of benzene rings is 1. The van der Waals surface area contributed by atoms with Crippen LogP contribution in [0.5, 0.6) is 0 Å². The zero-order valence-corrected chi connectivity index (χ0v) is 17.0. The molecule has 0 saturated carbocycles. The average Bonchev–Trinajstić information content (AvgIpc) is 3.04. The van der Waals surface area contributed by atoms with Crippen LogP contribution in [-0.2, 0) is 20.7 Å². The molecule has 9 heteroatoms. The number of nitrogens with one attached hydrogen (secondary N) is 1. The summed E-state index contributed by atoms with van der Waals surface area (Å²) in [4.78, 5) is 53.2. The Labute approximate surface area is 172 Å². The summed E-state index contributed by atoms with van der Waals surface area (Å²) in [5.74, 6) is -1.25. The lowest BCUT2D eigenvalue weighted by atomic mass is 10.0. The van der Waals surface area contributed by atoms with Crippen LogP contribution >= 0.6 is 11.8 Å². The number of rotatable bonds is 7. The number of hydrogen-bond acceptors (Lipinski definition) is 7. The number of aromatic nitrogens is 1. The summed E-state index contributed by atoms with van der Waals surface area (Å²) in [5, 5.41) is 3.09. The topological polar surface area (TPSA) is 106 Å². The molecule has 0 radical (unpaired) electrons. The van der Waals surface area contributed by atoms with Gasteiger partial charge in [-0.25, -0.2) is 4.79 Å². The summed E-state index contributed by atoms with van der Waals surface area (Å²) < 4.78 is 5.18. The number of nitrogens with zero attached hydrogens (tertiary/aromatic N) is 2. The Kier molecular flexibility index (Phi) is 6.48. The number of aryl methyl sites for hydroxylation is 2. The van der Waals surface area contributed by atoms with Gasteiger partial charge in [0, 0.05) is 18.5 Å². The van der Waals surface area contributed by atoms with Crippen LogP contribution in [0.2, 0.25) is 0 Å². The van der Waals surface area contributed by atoms with Crippen molar-refractivity contribution in [3.63, 3.8) is 0 Å². The molecule has 0 bridgehead atoms. The summed E-state index contributed by atoms with van der Waals surface area (Å²) in [6.45, 7) is 3.48. The molecule has 3 rings (SSSR count). The fourth-order valence-corrected chi connectivity index (χ4v) is 3.88. The Balaban J connectivity index is 1.59. The van der Waals surface area contributed by atoms with E-state index in [0.717, 1.165) is 33.1 Å². The van der Waals surface area contributed by atoms with Crippen LogP contribution in [0.3, 0.4) is 0 Å². The SMILES string of the molecule is CCc1nc2ccccc2c(C)c1C(=O)OCC(=O)NCCN1C(=O)CSC1=O. The molecule has 1 aliphatic rings. The van der Waals surface area contributed by atoms with Crippen molar-refractivity contribution in [1.29, 1.82) is 0 Å². The molecule has 1 N–H and O–H groups in total. The highest BCUT2D eigenvalue weighted by atomic mass is 32.2. The highest BCUT2D eigenvalue weighted by Gasteiger charge is 2.29. The summed E-state index contributed by atoms with van der Waals surface area (Å²) in [5.41, 5.74) is 2.57. The van der Waals surface area contributed by atoms with E-state index in [0.29, 0.717) is 17.7 Å². The largest absolute Gasteiger partial charge is 0.452 e. The van der Waals surface area contributed by atoms with Gasteiger partial charge in [0.15, 0.2) is 6.61 Å². The maximum atomic E-state index is 12.6. The molecule has 1 aliphatic heterocycles. The molecule has 0 spiro atoms. The average molecular weight is 415 g/mol. The van der Waals surface area contributed by atoms with Gasteiger partial charge in [0.05, 0.1) is 22.5 Å². The number of imide groups is 1. The van der Waals surface area contributed by atoms with E-state index < -0.39 is 18.5 Å². The van der Waals surface area contributed by atoms with Gasteiger partial charge < -0.3 is 10.1 Å². The zero-order chi connectivity index (χ0) is 21.0. The Bertz CT molecular complexity index is 975. The number of ether oxygens (including phenoxy) is 1. The predicted molar refractivity (Wildman–Crippen MR) is 109 cm³/mol. The van der Waals surface area contributed by atoms with Crippen molar-refractivity contribution >= 4 is 45.7 Å². The van der Waals surface area contributed by atoms with Gasteiger partial charge in [0.1, 0.15) is 0 Å². The van der Waals surface area contributed by atoms with Crippen molar-refractivity contribution in [2.24, 2.45) is 0 Å². The third kappa shape index (κ3) is 4.56. The summed E-state index contributed by atoms with van der Waals surface area (Å²) >= 11 is 0.939. The number of pyridine rings is 1. The van der Waals surface area contributed by atoms with Crippen molar-refractivity contribution in [2.45, 2.75) is 20.3 Å². The van der Waals surface area contributed by atoms with Crippen LogP contribution in [0.15, 0.2) is 24.3 Å². The standard InChI is InChI=1S/C20H21N3O5S/c1-3-14-18(12(2)13-6-4-5-7-15(13)22-14)19(26)28-10-16(24)21-8-9-23-17(25)11-29-20(23)27/h4-7H,3,8-11H2,1-2H3,(H,21,24). The number of fused-ring (bicyclic) bond motifs is 1. The van der Waals surface area contributed by atoms with Crippen molar-refractivity contribution in [3.8, 4) is 0 Å². The van der Waals surface area contributed by atoms with E-state index in [-0.39, 0.29) is 30.0 Å². The van der Waals surface area contributed by atoms with E-state index in [4.69, 9.17) is 4.74 Å². The minimum Gasteiger partial charge on any atom is -0.452 e. The van der Waals surface area contributed by atoms with Gasteiger partial charge in [-0.3, -0.25) is 24.3 Å². The minimum atomic E-state index is -0.603. The van der Waals surface area contributed by atoms with Gasteiger partial charge >= 0.3 is 5.97 Å². The molecule has 152 valence electrons. The maximum absolute atomic E-state index is 12.6. The first-order chi connectivity index (χ1) is 13.9. The molecule has 1 aromatic heterocycles. The van der Waals surface area contributed by atoms with Gasteiger partial charge in [-0.2, -0.15) is 0 Å². The van der Waals surface area contributed by atoms with Crippen LogP contribution in [0.1, 0.15) is 28.5 Å². The predicted octanol–water partition coefficient (Wildman–Crippen LogP) is 2.07. The molecule has 1 aromatic carbocycles. The number of esters is 1. The molecule has 1 saturated heterocycles. The van der Waals surface area contributed by atoms with E-state index in [1.807, 2.05) is 38.1 Å². The Hall–Kier alpha value is -2.94. The Morgan fingerprint density at radius 3 is 2.72 bits per heavy atom. The zero-order valence-electron chi connectivity index (χ0n) is 16.2. The third-order valence-electron chi connectivity index (χ3n) is 4.60. The van der Waals surface area contributed by atoms with Crippen LogP contribution in [0, 0.1) is 6.92 Å². The third-order valence-corrected chi connectivity index (χ3v) is 5.46. The summed E-state index contributed by atoms with van der Waals surface area (Å²) in [6.07, 6.45) is 0.554. The van der Waals surface area contributed by atoms with E-state index >= 15 is 0 Å². The summed E-state index contributed by atoms with van der Waals surface area (Å²) in [7, 11) is 0. The van der Waals surface area contributed by atoms with Crippen molar-refractivity contribution in [1.82, 2.24) is 15.2 Å². The molecule has 8 nitrogen and oxygen atoms in total. The quantitative estimate of drug-likeness (QED) is 0.690. The monoisotopic (exact) mass is 415 g/mol. The first-order valence-corrected chi connectivity index (χ1v) is 10.2. The normalized spacial score (nSPS) is 13.8. The van der Waals surface area contributed by atoms with Gasteiger partial charge in [-0.15, -0.1) is 0 Å². The van der Waals surface area contributed by atoms with Crippen LogP contribution in [0.4, 0.5) is 4.79 Å². The molecule has 0 unspecified atom stereocenters. The Morgan fingerprint density at radius 2 is 2.03 bits per heavy atom. The number of thioether (sulfide) groups is 1. The van der Waals surface area contributed by atoms with Gasteiger partial charge in [0.25, 0.3) is 11.1 Å². The van der Waals surface area contributed by atoms with Crippen molar-refractivity contribution < 1.29 is 23.9 Å². The highest BCUT2D eigenvalue weighted by Crippen LogP contribution is 2.24. The second-order valence-electron chi connectivity index (χ2n) is 6.46. The van der Waals surface area contributed by atoms with Gasteiger partial charge in [0.2, 0.25) is 5.91 Å². The van der Waals surface area contributed by atoms with E-state index in [1.54, 1.807) is 0 Å². The maximum Gasteiger partial charge on any atom is 0.340 e. The molecule has 1 fully saturated rings. The lowest BCUT2D eigenvalue weighted by Crippen LogP contribution is -2.38. The molecule has 0 atom stereocenters. The second-order valence-corrected chi connectivity index (χ2v) is 7.38. The van der Waals surface area contributed by atoms with E-state index in [9.17, 15) is 19.2 Å². The summed E-state index contributed by atoms with van der Waals surface area (Å²) in [6, 6.07) is 7.54. The van der Waals surface area contributed by atoms with Gasteiger partial charge in [-0.1, -0.05) is 36.9 Å². The minimum absolute atomic E-state index is 0.0953. The fourth-order valence-electron chi connectivity index (χ4n) is 3.13. The number of carbonyl (C=O) groups is 4. The molecule has 2 aromatic rings. The molecular weight excluding hydrogens is 394 g/mol. The molecule has 0 aliphatic carbocycles. The Morgan fingerprint density at radius 1 is 1.28 bits per heavy atom. The van der Waals surface area contributed by atoms with Gasteiger partial charge in [-0.05, 0) is 25.0 Å². The number of carbonyl (C=O) groups excluding carboxylic acids is 4. The number of hydrogen-bond donors (Lipinski definition) is 1. The number of amides is 3. The molecular formula is C20H21N3O5S. The second kappa shape index (κ2) is 9.04. The lowest BCUT2D eigenvalue weighted by molar-refractivity contribution is -0.126. The number of para-hydroxylation sites is 1. The molecule has 29 heavy (non-hydrogen) atoms. The van der Waals surface area contributed by atoms with E-state index in [2.05, 4.69) is 10.3 Å². The first-order valence-electron chi connectivity index (χ1n) is 9.21. The smallest absolute Gasteiger partial charge is 0.340 e. The molecule has 2 heterocycles. The van der Waals surface area contributed by atoms with Crippen LogP contribution in [-0.4, -0.2) is 58.4 Å².